The molecule has 0 bridgehead atoms. The van der Waals surface area contributed by atoms with Crippen LogP contribution in [-0.2, 0) is 63.7 Å². The standard InChI is InChI=1S/2C7H15NO4P2.4C4H8O.6ClH.2Cr/c2*1-7(2)8(13-9-3-4-10-13)14-11-5-6-12-14;4*1-2-4-5-3-1;;;;;;;;/h2*7H,3-6H2,1-2H3;4*1-4H2;6*1H;;/q;;;;;;;;;;;;2*+3/p-1. The SMILES string of the molecule is C1CCOC1.C1CC[OH+]C1.C1CC[OH+]C1.C1CC[OH+]C1.CC(C)N(P1OCCO1)P1OCCO1.CC(C)N([PH+]1OCCO1)[PH+]1OCCO1.[Cl][Cr]([Cl])[Cl].[Cl][Cr]([Cl])[Cl]. The van der Waals surface area contributed by atoms with Crippen molar-refractivity contribution < 1.29 is 77.9 Å². The van der Waals surface area contributed by atoms with Crippen LogP contribution < -0.4 is 0 Å². The Labute approximate surface area is 375 Å². The van der Waals surface area contributed by atoms with E-state index < -0.39 is 56.9 Å². The van der Waals surface area contributed by atoms with Crippen LogP contribution in [0, 0.1) is 0 Å². The summed E-state index contributed by atoms with van der Waals surface area (Å²) >= 11 is -3.25. The van der Waals surface area contributed by atoms with E-state index in [9.17, 15) is 0 Å². The quantitative estimate of drug-likeness (QED) is 0.186. The summed E-state index contributed by atoms with van der Waals surface area (Å²) in [4.78, 5) is 0. The maximum atomic E-state index is 5.56. The first-order chi connectivity index (χ1) is 27.0. The Morgan fingerprint density at radius 2 is 0.732 bits per heavy atom. The fourth-order valence-corrected chi connectivity index (χ4v) is 12.1. The summed E-state index contributed by atoms with van der Waals surface area (Å²) in [6.45, 7) is 22.7. The Balaban J connectivity index is 0.000000342. The molecule has 0 aromatic rings. The van der Waals surface area contributed by atoms with Gasteiger partial charge in [0.25, 0.3) is 17.1 Å². The molecule has 0 radical (unpaired) electrons. The van der Waals surface area contributed by atoms with Gasteiger partial charge in [-0.25, -0.2) is 0 Å². The molecule has 8 heterocycles. The number of nitrogens with zero attached hydrogens (tertiary/aromatic N) is 2. The Bertz CT molecular complexity index is 703. The third-order valence-corrected chi connectivity index (χ3v) is 16.0. The van der Waals surface area contributed by atoms with Gasteiger partial charge in [-0.3, -0.25) is 0 Å². The molecule has 8 rings (SSSR count). The van der Waals surface area contributed by atoms with Crippen LogP contribution in [0.2, 0.25) is 0 Å². The normalized spacial score (nSPS) is 22.7. The van der Waals surface area contributed by atoms with Crippen LogP contribution in [0.4, 0.5) is 0 Å². The third-order valence-electron chi connectivity index (χ3n) is 7.22. The first kappa shape index (κ1) is 58.0. The van der Waals surface area contributed by atoms with Gasteiger partial charge >= 0.3 is 100 Å². The van der Waals surface area contributed by atoms with E-state index >= 15 is 0 Å². The molecule has 0 atom stereocenters. The molecule has 8 aliphatic heterocycles. The zero-order valence-corrected chi connectivity index (χ0v) is 43.9. The molecule has 0 amide bonds. The molecule has 14 nitrogen and oxygen atoms in total. The first-order valence-corrected chi connectivity index (χ1v) is 34.2. The molecule has 0 saturated carbocycles. The van der Waals surface area contributed by atoms with Crippen LogP contribution in [0.15, 0.2) is 0 Å². The topological polar surface area (TPSA) is 128 Å². The van der Waals surface area contributed by atoms with E-state index in [-0.39, 0.29) is 0 Å². The Kier molecular flexibility index (Phi) is 41.9. The van der Waals surface area contributed by atoms with Crippen LogP contribution in [0.5, 0.6) is 0 Å². The number of hydrogen-bond acceptors (Lipinski definition) is 11. The predicted molar refractivity (Wildman–Crippen MR) is 231 cm³/mol. The minimum absolute atomic E-state index is 0.323. The molecular weight excluding hydrogens is 1020 g/mol. The molecule has 0 unspecified atom stereocenters. The summed E-state index contributed by atoms with van der Waals surface area (Å²) in [5.41, 5.74) is 0. The second-order valence-electron chi connectivity index (χ2n) is 12.4. The van der Waals surface area contributed by atoms with Gasteiger partial charge in [0.15, 0.2) is 0 Å². The zero-order valence-electron chi connectivity index (χ0n) is 33.0. The van der Waals surface area contributed by atoms with Crippen molar-refractivity contribution in [1.82, 2.24) is 8.88 Å². The summed E-state index contributed by atoms with van der Waals surface area (Å²) < 4.78 is 65.7. The van der Waals surface area contributed by atoms with Gasteiger partial charge in [0, 0.05) is 62.2 Å². The van der Waals surface area contributed by atoms with E-state index in [1.54, 1.807) is 0 Å². The molecule has 0 aliphatic carbocycles. The van der Waals surface area contributed by atoms with Crippen molar-refractivity contribution in [3.8, 4) is 0 Å². The second kappa shape index (κ2) is 40.5. The average molecular weight is 1090 g/mol. The minimum atomic E-state index is -1.62. The number of aliphatic hydroxyl groups is 6. The Morgan fingerprint density at radius 3 is 0.911 bits per heavy atom. The maximum absolute atomic E-state index is 5.56. The molecule has 0 aromatic heterocycles. The van der Waals surface area contributed by atoms with Crippen LogP contribution >= 0.6 is 94.4 Å². The fraction of sp³-hybridized carbons (Fsp3) is 1.00. The van der Waals surface area contributed by atoms with Gasteiger partial charge < -0.3 is 37.0 Å². The first-order valence-electron chi connectivity index (χ1n) is 18.9. The van der Waals surface area contributed by atoms with Crippen molar-refractivity contribution in [3.05, 3.63) is 0 Å². The summed E-state index contributed by atoms with van der Waals surface area (Å²) in [5, 5.41) is 0. The van der Waals surface area contributed by atoms with E-state index in [4.69, 9.17) is 101 Å². The van der Waals surface area contributed by atoms with Crippen molar-refractivity contribution in [3.63, 3.8) is 0 Å². The number of rotatable bonds is 6. The second-order valence-corrected chi connectivity index (χ2v) is 31.8. The van der Waals surface area contributed by atoms with Crippen LogP contribution in [-0.4, -0.2) is 141 Å². The summed E-state index contributed by atoms with van der Waals surface area (Å²) in [7, 11) is 25.1. The summed E-state index contributed by atoms with van der Waals surface area (Å²) in [6, 6.07) is 0.678. The fourth-order valence-electron chi connectivity index (χ4n) is 4.77. The number of halogens is 6. The van der Waals surface area contributed by atoms with Crippen LogP contribution in [0.3, 0.4) is 0 Å². The number of hydrogen-bond donors (Lipinski definition) is 0. The third kappa shape index (κ3) is 32.6. The Morgan fingerprint density at radius 1 is 0.446 bits per heavy atom. The summed E-state index contributed by atoms with van der Waals surface area (Å²) in [6.07, 6.45) is 10.6. The van der Waals surface area contributed by atoms with Crippen LogP contribution in [0.25, 0.3) is 0 Å². The van der Waals surface area contributed by atoms with Crippen molar-refractivity contribution in [2.75, 3.05) is 106 Å². The van der Waals surface area contributed by atoms with Gasteiger partial charge in [-0.15, -0.1) is 0 Å². The van der Waals surface area contributed by atoms with E-state index in [2.05, 4.69) is 50.8 Å². The predicted octanol–water partition coefficient (Wildman–Crippen LogP) is 9.81. The monoisotopic (exact) mass is 1090 g/mol. The molecule has 0 spiro atoms. The number of ether oxygens (including phenoxy) is 4. The van der Waals surface area contributed by atoms with Gasteiger partial charge in [-0.05, 0) is 40.5 Å². The summed E-state index contributed by atoms with van der Waals surface area (Å²) in [5.74, 6) is 0. The van der Waals surface area contributed by atoms with Gasteiger partial charge in [-0.1, -0.05) is 0 Å². The average Bonchev–Trinajstić information content (AvgIpc) is 4.00. The van der Waals surface area contributed by atoms with Crippen LogP contribution in [0.1, 0.15) is 79.1 Å². The molecule has 26 heteroatoms. The molecular formula is C30H67Cl6Cr2N2O12P4+5. The van der Waals surface area contributed by atoms with Crippen molar-refractivity contribution in [2.24, 2.45) is 0 Å². The van der Waals surface area contributed by atoms with Gasteiger partial charge in [0.05, 0.1) is 32.5 Å². The molecule has 8 fully saturated rings. The molecule has 8 aliphatic rings. The van der Waals surface area contributed by atoms with E-state index in [0.717, 1.165) is 52.9 Å². The molecule has 8 saturated heterocycles. The van der Waals surface area contributed by atoms with Gasteiger partial charge in [0.2, 0.25) is 0 Å². The van der Waals surface area contributed by atoms with E-state index in [0.29, 0.717) is 64.9 Å². The van der Waals surface area contributed by atoms with Gasteiger partial charge in [-0.2, -0.15) is 22.5 Å². The Hall–Kier alpha value is 3.96. The molecule has 0 aromatic carbocycles. The molecule has 338 valence electrons. The molecule has 3 N–H and O–H groups in total. The van der Waals surface area contributed by atoms with Crippen molar-refractivity contribution >= 4 is 94.4 Å². The van der Waals surface area contributed by atoms with Crippen molar-refractivity contribution in [2.45, 2.75) is 91.1 Å². The van der Waals surface area contributed by atoms with E-state index in [1.807, 2.05) is 0 Å². The van der Waals surface area contributed by atoms with E-state index in [1.165, 1.54) is 51.4 Å². The van der Waals surface area contributed by atoms with Gasteiger partial charge in [0.1, 0.15) is 66.1 Å². The zero-order chi connectivity index (χ0) is 41.2. The molecule has 56 heavy (non-hydrogen) atoms. The van der Waals surface area contributed by atoms with Crippen molar-refractivity contribution in [1.29, 1.82) is 0 Å².